The molecule has 0 aromatic heterocycles. The van der Waals surface area contributed by atoms with Gasteiger partial charge in [0.2, 0.25) is 0 Å². The lowest BCUT2D eigenvalue weighted by Gasteiger charge is -2.10. The van der Waals surface area contributed by atoms with Crippen molar-refractivity contribution in [1.82, 2.24) is 0 Å². The van der Waals surface area contributed by atoms with Crippen molar-refractivity contribution in [3.8, 4) is 5.75 Å². The van der Waals surface area contributed by atoms with Gasteiger partial charge in [0.05, 0.1) is 0 Å². The molecular formula is C11H16ClNO. The number of halogens is 1. The molecule has 1 atom stereocenters. The van der Waals surface area contributed by atoms with Crippen molar-refractivity contribution >= 4 is 11.6 Å². The second-order valence-corrected chi connectivity index (χ2v) is 3.80. The Morgan fingerprint density at radius 2 is 2.21 bits per heavy atom. The molecule has 0 heterocycles. The number of benzene rings is 1. The fourth-order valence-corrected chi connectivity index (χ4v) is 1.39. The minimum Gasteiger partial charge on any atom is -0.492 e. The summed E-state index contributed by atoms with van der Waals surface area (Å²) in [5.74, 6) is 0.837. The summed E-state index contributed by atoms with van der Waals surface area (Å²) in [6, 6.07) is 5.74. The lowest BCUT2D eigenvalue weighted by molar-refractivity contribution is 0.296. The van der Waals surface area contributed by atoms with Gasteiger partial charge in [-0.1, -0.05) is 18.5 Å². The Morgan fingerprint density at radius 1 is 1.50 bits per heavy atom. The third-order valence-corrected chi connectivity index (χ3v) is 2.28. The van der Waals surface area contributed by atoms with Gasteiger partial charge >= 0.3 is 0 Å². The van der Waals surface area contributed by atoms with E-state index in [0.717, 1.165) is 22.8 Å². The molecule has 1 rings (SSSR count). The van der Waals surface area contributed by atoms with E-state index < -0.39 is 0 Å². The molecule has 0 saturated heterocycles. The molecule has 0 amide bonds. The van der Waals surface area contributed by atoms with E-state index in [1.54, 1.807) is 0 Å². The maximum atomic E-state index is 5.98. The van der Waals surface area contributed by atoms with Gasteiger partial charge in [0.15, 0.2) is 0 Å². The van der Waals surface area contributed by atoms with Crippen LogP contribution in [0.2, 0.25) is 5.02 Å². The molecule has 1 unspecified atom stereocenters. The van der Waals surface area contributed by atoms with Crippen LogP contribution in [-0.2, 0) is 6.42 Å². The van der Waals surface area contributed by atoms with E-state index in [2.05, 4.69) is 6.92 Å². The molecule has 14 heavy (non-hydrogen) atoms. The Hall–Kier alpha value is -0.730. The number of nitrogens with two attached hydrogens (primary N) is 1. The molecule has 0 fully saturated rings. The molecule has 1 aromatic carbocycles. The van der Waals surface area contributed by atoms with Crippen molar-refractivity contribution in [2.24, 2.45) is 5.73 Å². The number of ether oxygens (including phenoxy) is 1. The molecule has 1 aromatic rings. The van der Waals surface area contributed by atoms with Crippen LogP contribution in [0, 0.1) is 0 Å². The SMILES string of the molecule is CCc1cc(OCC(C)N)ccc1Cl. The van der Waals surface area contributed by atoms with Gasteiger partial charge in [-0.05, 0) is 37.1 Å². The first-order valence-corrected chi connectivity index (χ1v) is 5.18. The molecule has 0 radical (unpaired) electrons. The van der Waals surface area contributed by atoms with Gasteiger partial charge in [0.1, 0.15) is 12.4 Å². The van der Waals surface area contributed by atoms with Gasteiger partial charge in [-0.3, -0.25) is 0 Å². The third kappa shape index (κ3) is 3.20. The van der Waals surface area contributed by atoms with Crippen LogP contribution in [0.1, 0.15) is 19.4 Å². The lowest BCUT2D eigenvalue weighted by atomic mass is 10.1. The maximum absolute atomic E-state index is 5.98. The fraction of sp³-hybridized carbons (Fsp3) is 0.455. The molecule has 0 spiro atoms. The molecule has 0 saturated carbocycles. The van der Waals surface area contributed by atoms with Gasteiger partial charge < -0.3 is 10.5 Å². The number of aryl methyl sites for hydroxylation is 1. The van der Waals surface area contributed by atoms with Crippen LogP contribution in [0.4, 0.5) is 0 Å². The van der Waals surface area contributed by atoms with Gasteiger partial charge in [0, 0.05) is 11.1 Å². The molecule has 2 nitrogen and oxygen atoms in total. The third-order valence-electron chi connectivity index (χ3n) is 1.91. The zero-order valence-corrected chi connectivity index (χ0v) is 9.34. The second-order valence-electron chi connectivity index (χ2n) is 3.40. The summed E-state index contributed by atoms with van der Waals surface area (Å²) in [5.41, 5.74) is 6.70. The largest absolute Gasteiger partial charge is 0.492 e. The van der Waals surface area contributed by atoms with Gasteiger partial charge in [-0.25, -0.2) is 0 Å². The summed E-state index contributed by atoms with van der Waals surface area (Å²) in [5, 5.41) is 0.792. The highest BCUT2D eigenvalue weighted by Gasteiger charge is 2.01. The summed E-state index contributed by atoms with van der Waals surface area (Å²) in [6.07, 6.45) is 0.911. The Balaban J connectivity index is 2.69. The summed E-state index contributed by atoms with van der Waals surface area (Å²) in [7, 11) is 0. The summed E-state index contributed by atoms with van der Waals surface area (Å²) >= 11 is 5.98. The van der Waals surface area contributed by atoms with E-state index in [4.69, 9.17) is 22.1 Å². The fourth-order valence-electron chi connectivity index (χ4n) is 1.14. The van der Waals surface area contributed by atoms with Crippen LogP contribution in [0.5, 0.6) is 5.75 Å². The average molecular weight is 214 g/mol. The van der Waals surface area contributed by atoms with Crippen molar-refractivity contribution in [1.29, 1.82) is 0 Å². The molecule has 0 aliphatic rings. The Morgan fingerprint density at radius 3 is 2.79 bits per heavy atom. The van der Waals surface area contributed by atoms with E-state index in [1.165, 1.54) is 0 Å². The molecule has 78 valence electrons. The van der Waals surface area contributed by atoms with Crippen LogP contribution in [0.15, 0.2) is 18.2 Å². The van der Waals surface area contributed by atoms with Crippen molar-refractivity contribution in [3.63, 3.8) is 0 Å². The molecule has 3 heteroatoms. The van der Waals surface area contributed by atoms with Crippen molar-refractivity contribution in [3.05, 3.63) is 28.8 Å². The zero-order valence-electron chi connectivity index (χ0n) is 8.59. The van der Waals surface area contributed by atoms with Crippen LogP contribution < -0.4 is 10.5 Å². The second kappa shape index (κ2) is 5.23. The molecule has 0 bridgehead atoms. The lowest BCUT2D eigenvalue weighted by Crippen LogP contribution is -2.23. The first-order chi connectivity index (χ1) is 6.63. The standard InChI is InChI=1S/C11H16ClNO/c1-3-9-6-10(4-5-11(9)12)14-7-8(2)13/h4-6,8H,3,7,13H2,1-2H3. The van der Waals surface area contributed by atoms with Gasteiger partial charge in [-0.15, -0.1) is 0 Å². The summed E-state index contributed by atoms with van der Waals surface area (Å²) < 4.78 is 5.48. The Kier molecular flexibility index (Phi) is 4.23. The minimum atomic E-state index is 0.0516. The van der Waals surface area contributed by atoms with Crippen molar-refractivity contribution in [2.45, 2.75) is 26.3 Å². The van der Waals surface area contributed by atoms with Crippen LogP contribution in [-0.4, -0.2) is 12.6 Å². The molecule has 0 aliphatic carbocycles. The monoisotopic (exact) mass is 213 g/mol. The number of hydrogen-bond donors (Lipinski definition) is 1. The minimum absolute atomic E-state index is 0.0516. The van der Waals surface area contributed by atoms with E-state index >= 15 is 0 Å². The van der Waals surface area contributed by atoms with Crippen LogP contribution >= 0.6 is 11.6 Å². The van der Waals surface area contributed by atoms with Crippen LogP contribution in [0.3, 0.4) is 0 Å². The molecule has 0 aliphatic heterocycles. The van der Waals surface area contributed by atoms with Crippen molar-refractivity contribution < 1.29 is 4.74 Å². The molecule has 2 N–H and O–H groups in total. The van der Waals surface area contributed by atoms with Gasteiger partial charge in [0.25, 0.3) is 0 Å². The average Bonchev–Trinajstić information content (AvgIpc) is 2.16. The van der Waals surface area contributed by atoms with E-state index in [9.17, 15) is 0 Å². The predicted octanol–water partition coefficient (Wildman–Crippen LogP) is 2.63. The zero-order chi connectivity index (χ0) is 10.6. The molecular weight excluding hydrogens is 198 g/mol. The first-order valence-electron chi connectivity index (χ1n) is 4.80. The van der Waals surface area contributed by atoms with E-state index in [0.29, 0.717) is 6.61 Å². The van der Waals surface area contributed by atoms with Crippen molar-refractivity contribution in [2.75, 3.05) is 6.61 Å². The van der Waals surface area contributed by atoms with E-state index in [1.807, 2.05) is 25.1 Å². The number of rotatable bonds is 4. The first kappa shape index (κ1) is 11.3. The smallest absolute Gasteiger partial charge is 0.119 e. The summed E-state index contributed by atoms with van der Waals surface area (Å²) in [4.78, 5) is 0. The highest BCUT2D eigenvalue weighted by molar-refractivity contribution is 6.31. The van der Waals surface area contributed by atoms with E-state index in [-0.39, 0.29) is 6.04 Å². The Labute approximate surface area is 90.0 Å². The quantitative estimate of drug-likeness (QED) is 0.835. The van der Waals surface area contributed by atoms with Crippen LogP contribution in [0.25, 0.3) is 0 Å². The topological polar surface area (TPSA) is 35.2 Å². The highest BCUT2D eigenvalue weighted by Crippen LogP contribution is 2.22. The highest BCUT2D eigenvalue weighted by atomic mass is 35.5. The number of hydrogen-bond acceptors (Lipinski definition) is 2. The van der Waals surface area contributed by atoms with Gasteiger partial charge in [-0.2, -0.15) is 0 Å². The maximum Gasteiger partial charge on any atom is 0.119 e. The summed E-state index contributed by atoms with van der Waals surface area (Å²) in [6.45, 7) is 4.51. The predicted molar refractivity (Wildman–Crippen MR) is 60.0 cm³/mol. The normalized spacial score (nSPS) is 12.6. The Bertz CT molecular complexity index is 299.